The van der Waals surface area contributed by atoms with E-state index in [4.69, 9.17) is 11.6 Å². The van der Waals surface area contributed by atoms with E-state index in [1.54, 1.807) is 0 Å². The first-order valence-corrected chi connectivity index (χ1v) is 6.86. The number of nitrogens with one attached hydrogen (secondary N) is 1. The summed E-state index contributed by atoms with van der Waals surface area (Å²) in [5, 5.41) is 3.74. The zero-order valence-corrected chi connectivity index (χ0v) is 11.8. The Kier molecular flexibility index (Phi) is 5.92. The van der Waals surface area contributed by atoms with Gasteiger partial charge in [0.2, 0.25) is 0 Å². The van der Waals surface area contributed by atoms with Gasteiger partial charge in [-0.05, 0) is 38.0 Å². The fourth-order valence-electron chi connectivity index (χ4n) is 1.40. The molecule has 17 heavy (non-hydrogen) atoms. The molecule has 1 rings (SSSR count). The molecule has 0 aliphatic heterocycles. The average molecular weight is 323 g/mol. The van der Waals surface area contributed by atoms with Crippen molar-refractivity contribution in [2.75, 3.05) is 5.33 Å². The van der Waals surface area contributed by atoms with Crippen LogP contribution in [-0.2, 0) is 0 Å². The van der Waals surface area contributed by atoms with E-state index in [1.165, 1.54) is 12.1 Å². The molecule has 2 nitrogen and oxygen atoms in total. The van der Waals surface area contributed by atoms with Gasteiger partial charge in [0.25, 0.3) is 5.91 Å². The molecular formula is C12H14BrClFNO. The van der Waals surface area contributed by atoms with Crippen molar-refractivity contribution < 1.29 is 9.18 Å². The first kappa shape index (κ1) is 14.5. The lowest BCUT2D eigenvalue weighted by atomic mass is 10.1. The predicted octanol–water partition coefficient (Wildman–Crippen LogP) is 3.77. The van der Waals surface area contributed by atoms with Crippen LogP contribution in [0.4, 0.5) is 4.39 Å². The second-order valence-corrected chi connectivity index (χ2v) is 5.03. The molecule has 0 aliphatic rings. The summed E-state index contributed by atoms with van der Waals surface area (Å²) < 4.78 is 13.2. The lowest BCUT2D eigenvalue weighted by molar-refractivity contribution is 0.0938. The molecule has 0 aliphatic carbocycles. The van der Waals surface area contributed by atoms with Gasteiger partial charge in [-0.3, -0.25) is 4.79 Å². The molecule has 1 aromatic rings. The SMILES string of the molecule is CC(CCCBr)NC(=O)c1ccc(Cl)c(F)c1. The van der Waals surface area contributed by atoms with Crippen LogP contribution in [0.5, 0.6) is 0 Å². The van der Waals surface area contributed by atoms with Crippen LogP contribution < -0.4 is 5.32 Å². The van der Waals surface area contributed by atoms with Crippen molar-refractivity contribution in [2.24, 2.45) is 0 Å². The molecule has 1 unspecified atom stereocenters. The van der Waals surface area contributed by atoms with E-state index in [-0.39, 0.29) is 22.5 Å². The second kappa shape index (κ2) is 6.97. The standard InChI is InChI=1S/C12H14BrClFNO/c1-8(3-2-6-13)16-12(17)9-4-5-10(14)11(15)7-9/h4-5,7-8H,2-3,6H2,1H3,(H,16,17). The second-order valence-electron chi connectivity index (χ2n) is 3.83. The van der Waals surface area contributed by atoms with Gasteiger partial charge in [-0.25, -0.2) is 4.39 Å². The fraction of sp³-hybridized carbons (Fsp3) is 0.417. The van der Waals surface area contributed by atoms with Crippen LogP contribution in [0.2, 0.25) is 5.02 Å². The van der Waals surface area contributed by atoms with E-state index >= 15 is 0 Å². The van der Waals surface area contributed by atoms with E-state index in [9.17, 15) is 9.18 Å². The highest BCUT2D eigenvalue weighted by atomic mass is 79.9. The van der Waals surface area contributed by atoms with Crippen LogP contribution in [0.25, 0.3) is 0 Å². The maximum absolute atomic E-state index is 13.2. The quantitative estimate of drug-likeness (QED) is 0.821. The van der Waals surface area contributed by atoms with Crippen molar-refractivity contribution >= 4 is 33.4 Å². The zero-order chi connectivity index (χ0) is 12.8. The number of amides is 1. The first-order chi connectivity index (χ1) is 8.04. The monoisotopic (exact) mass is 321 g/mol. The minimum atomic E-state index is -0.576. The number of benzene rings is 1. The van der Waals surface area contributed by atoms with Gasteiger partial charge in [0.05, 0.1) is 5.02 Å². The van der Waals surface area contributed by atoms with E-state index in [0.29, 0.717) is 0 Å². The van der Waals surface area contributed by atoms with E-state index < -0.39 is 5.82 Å². The van der Waals surface area contributed by atoms with Crippen LogP contribution in [0, 0.1) is 5.82 Å². The Hall–Kier alpha value is -0.610. The molecule has 0 aromatic heterocycles. The smallest absolute Gasteiger partial charge is 0.251 e. The van der Waals surface area contributed by atoms with Crippen molar-refractivity contribution in [3.63, 3.8) is 0 Å². The number of hydrogen-bond donors (Lipinski definition) is 1. The Morgan fingerprint density at radius 2 is 2.29 bits per heavy atom. The van der Waals surface area contributed by atoms with Crippen LogP contribution in [-0.4, -0.2) is 17.3 Å². The third-order valence-electron chi connectivity index (χ3n) is 2.33. The summed E-state index contributed by atoms with van der Waals surface area (Å²) in [5.41, 5.74) is 0.289. The van der Waals surface area contributed by atoms with Gasteiger partial charge in [-0.15, -0.1) is 0 Å². The summed E-state index contributed by atoms with van der Waals surface area (Å²) in [6.07, 6.45) is 1.86. The minimum absolute atomic E-state index is 0.0221. The maximum atomic E-state index is 13.2. The Bertz CT molecular complexity index is 400. The third kappa shape index (κ3) is 4.64. The molecular weight excluding hydrogens is 308 g/mol. The molecule has 1 N–H and O–H groups in total. The van der Waals surface area contributed by atoms with Crippen molar-refractivity contribution in [2.45, 2.75) is 25.8 Å². The van der Waals surface area contributed by atoms with E-state index in [2.05, 4.69) is 21.2 Å². The lowest BCUT2D eigenvalue weighted by Crippen LogP contribution is -2.32. The highest BCUT2D eigenvalue weighted by Crippen LogP contribution is 2.15. The van der Waals surface area contributed by atoms with Gasteiger partial charge < -0.3 is 5.32 Å². The van der Waals surface area contributed by atoms with Gasteiger partial charge in [0, 0.05) is 16.9 Å². The molecule has 0 radical (unpaired) electrons. The summed E-state index contributed by atoms with van der Waals surface area (Å²) in [4.78, 5) is 11.7. The van der Waals surface area contributed by atoms with Crippen LogP contribution in [0.1, 0.15) is 30.1 Å². The lowest BCUT2D eigenvalue weighted by Gasteiger charge is -2.13. The fourth-order valence-corrected chi connectivity index (χ4v) is 1.84. The average Bonchev–Trinajstić information content (AvgIpc) is 2.30. The largest absolute Gasteiger partial charge is 0.350 e. The van der Waals surface area contributed by atoms with Gasteiger partial charge in [0.1, 0.15) is 5.82 Å². The molecule has 0 bridgehead atoms. The third-order valence-corrected chi connectivity index (χ3v) is 3.20. The van der Waals surface area contributed by atoms with Gasteiger partial charge in [-0.1, -0.05) is 27.5 Å². The Labute approximate surface area is 114 Å². The van der Waals surface area contributed by atoms with E-state index in [1.807, 2.05) is 6.92 Å². The Morgan fingerprint density at radius 3 is 2.88 bits per heavy atom. The summed E-state index contributed by atoms with van der Waals surface area (Å²) in [6.45, 7) is 1.92. The highest BCUT2D eigenvalue weighted by Gasteiger charge is 2.11. The number of carbonyl (C=O) groups is 1. The van der Waals surface area contributed by atoms with Crippen molar-refractivity contribution in [3.8, 4) is 0 Å². The molecule has 1 atom stereocenters. The summed E-state index contributed by atoms with van der Waals surface area (Å²) in [5.74, 6) is -0.852. The zero-order valence-electron chi connectivity index (χ0n) is 9.47. The highest BCUT2D eigenvalue weighted by molar-refractivity contribution is 9.09. The molecule has 5 heteroatoms. The Balaban J connectivity index is 2.60. The van der Waals surface area contributed by atoms with E-state index in [0.717, 1.165) is 24.2 Å². The van der Waals surface area contributed by atoms with Crippen molar-refractivity contribution in [1.29, 1.82) is 0 Å². The first-order valence-electron chi connectivity index (χ1n) is 5.36. The van der Waals surface area contributed by atoms with Gasteiger partial charge in [0.15, 0.2) is 0 Å². The van der Waals surface area contributed by atoms with Gasteiger partial charge >= 0.3 is 0 Å². The molecule has 0 heterocycles. The molecule has 0 saturated heterocycles. The van der Waals surface area contributed by atoms with Gasteiger partial charge in [-0.2, -0.15) is 0 Å². The normalized spacial score (nSPS) is 12.2. The van der Waals surface area contributed by atoms with Crippen LogP contribution in [0.3, 0.4) is 0 Å². The molecule has 1 aromatic carbocycles. The number of rotatable bonds is 5. The number of halogens is 3. The molecule has 0 saturated carbocycles. The topological polar surface area (TPSA) is 29.1 Å². The molecule has 94 valence electrons. The predicted molar refractivity (Wildman–Crippen MR) is 71.4 cm³/mol. The minimum Gasteiger partial charge on any atom is -0.350 e. The van der Waals surface area contributed by atoms with Crippen LogP contribution in [0.15, 0.2) is 18.2 Å². The summed E-state index contributed by atoms with van der Waals surface area (Å²) in [6, 6.07) is 4.11. The number of hydrogen-bond acceptors (Lipinski definition) is 1. The molecule has 0 spiro atoms. The maximum Gasteiger partial charge on any atom is 0.251 e. The number of alkyl halides is 1. The molecule has 0 fully saturated rings. The Morgan fingerprint density at radius 1 is 1.59 bits per heavy atom. The van der Waals surface area contributed by atoms with Crippen molar-refractivity contribution in [1.82, 2.24) is 5.32 Å². The van der Waals surface area contributed by atoms with Crippen molar-refractivity contribution in [3.05, 3.63) is 34.6 Å². The summed E-state index contributed by atoms with van der Waals surface area (Å²) in [7, 11) is 0. The molecule has 1 amide bonds. The number of carbonyl (C=O) groups excluding carboxylic acids is 1. The summed E-state index contributed by atoms with van der Waals surface area (Å²) >= 11 is 8.88. The van der Waals surface area contributed by atoms with Crippen LogP contribution >= 0.6 is 27.5 Å².